The Kier molecular flexibility index (Phi) is 5.22. The van der Waals surface area contributed by atoms with Gasteiger partial charge in [-0.3, -0.25) is 4.79 Å². The molecule has 2 heterocycles. The maximum absolute atomic E-state index is 12.5. The Balaban J connectivity index is 1.67. The largest absolute Gasteiger partial charge is 0.468 e. The lowest BCUT2D eigenvalue weighted by Gasteiger charge is -2.32. The highest BCUT2D eigenvalue weighted by Crippen LogP contribution is 2.14. The minimum absolute atomic E-state index is 0.0781. The third-order valence-corrected chi connectivity index (χ3v) is 5.50. The summed E-state index contributed by atoms with van der Waals surface area (Å²) < 4.78 is 32.2. The summed E-state index contributed by atoms with van der Waals surface area (Å²) in [6.07, 6.45) is 1.49. The molecule has 2 aromatic rings. The van der Waals surface area contributed by atoms with Crippen LogP contribution in [0.25, 0.3) is 0 Å². The molecule has 3 rings (SSSR count). The van der Waals surface area contributed by atoms with E-state index in [2.05, 4.69) is 10.0 Å². The SMILES string of the molecule is C[C@@H]1CN(C(=O)c2ccc(S(=O)(=O)NCc3ccco3)cc2)CCN1. The van der Waals surface area contributed by atoms with Crippen molar-refractivity contribution in [1.29, 1.82) is 0 Å². The first kappa shape index (κ1) is 17.7. The topological polar surface area (TPSA) is 91.7 Å². The normalized spacial score (nSPS) is 18.3. The van der Waals surface area contributed by atoms with Gasteiger partial charge in [-0.15, -0.1) is 0 Å². The van der Waals surface area contributed by atoms with Crippen molar-refractivity contribution < 1.29 is 17.6 Å². The molecule has 1 aromatic heterocycles. The van der Waals surface area contributed by atoms with Gasteiger partial charge in [0.25, 0.3) is 5.91 Å². The van der Waals surface area contributed by atoms with E-state index in [1.807, 2.05) is 6.92 Å². The standard InChI is InChI=1S/C17H21N3O4S/c1-13-12-20(9-8-18-13)17(21)14-4-6-16(7-5-14)25(22,23)19-11-15-3-2-10-24-15/h2-7,10,13,18-19H,8-9,11-12H2,1H3/t13-/m1/s1. The molecule has 0 bridgehead atoms. The molecule has 0 radical (unpaired) electrons. The summed E-state index contributed by atoms with van der Waals surface area (Å²) in [6.45, 7) is 4.15. The first-order valence-electron chi connectivity index (χ1n) is 8.10. The lowest BCUT2D eigenvalue weighted by molar-refractivity contribution is 0.0709. The smallest absolute Gasteiger partial charge is 0.253 e. The van der Waals surface area contributed by atoms with Gasteiger partial charge in [0.15, 0.2) is 0 Å². The van der Waals surface area contributed by atoms with Crippen molar-refractivity contribution in [2.75, 3.05) is 19.6 Å². The Labute approximate surface area is 147 Å². The fraction of sp³-hybridized carbons (Fsp3) is 0.353. The van der Waals surface area contributed by atoms with Crippen LogP contribution in [-0.2, 0) is 16.6 Å². The molecule has 1 atom stereocenters. The second-order valence-corrected chi connectivity index (χ2v) is 7.80. The van der Waals surface area contributed by atoms with Crippen LogP contribution in [-0.4, -0.2) is 44.9 Å². The highest BCUT2D eigenvalue weighted by Gasteiger charge is 2.22. The van der Waals surface area contributed by atoms with E-state index in [1.165, 1.54) is 18.4 Å². The first-order valence-corrected chi connectivity index (χ1v) is 9.59. The zero-order valence-corrected chi connectivity index (χ0v) is 14.8. The highest BCUT2D eigenvalue weighted by molar-refractivity contribution is 7.89. The van der Waals surface area contributed by atoms with Crippen LogP contribution in [0, 0.1) is 0 Å². The van der Waals surface area contributed by atoms with E-state index in [0.717, 1.165) is 6.54 Å². The molecule has 7 nitrogen and oxygen atoms in total. The Morgan fingerprint density at radius 1 is 1.32 bits per heavy atom. The molecule has 0 unspecified atom stereocenters. The van der Waals surface area contributed by atoms with Crippen LogP contribution in [0.2, 0.25) is 0 Å². The Morgan fingerprint density at radius 3 is 2.72 bits per heavy atom. The van der Waals surface area contributed by atoms with Gasteiger partial charge >= 0.3 is 0 Å². The van der Waals surface area contributed by atoms with E-state index in [1.54, 1.807) is 29.2 Å². The number of hydrogen-bond acceptors (Lipinski definition) is 5. The van der Waals surface area contributed by atoms with Crippen molar-refractivity contribution in [2.45, 2.75) is 24.4 Å². The molecule has 1 saturated heterocycles. The van der Waals surface area contributed by atoms with E-state index in [4.69, 9.17) is 4.42 Å². The van der Waals surface area contributed by atoms with Crippen LogP contribution >= 0.6 is 0 Å². The predicted octanol–water partition coefficient (Wildman–Crippen LogP) is 1.19. The van der Waals surface area contributed by atoms with Crippen molar-refractivity contribution in [2.24, 2.45) is 0 Å². The molecule has 8 heteroatoms. The van der Waals surface area contributed by atoms with Gasteiger partial charge in [-0.2, -0.15) is 0 Å². The quantitative estimate of drug-likeness (QED) is 0.833. The second kappa shape index (κ2) is 7.38. The molecule has 0 saturated carbocycles. The molecule has 1 aromatic carbocycles. The average molecular weight is 363 g/mol. The molecule has 0 spiro atoms. The summed E-state index contributed by atoms with van der Waals surface area (Å²) in [6, 6.07) is 9.64. The Morgan fingerprint density at radius 2 is 2.08 bits per heavy atom. The molecule has 1 fully saturated rings. The number of nitrogens with zero attached hydrogens (tertiary/aromatic N) is 1. The summed E-state index contributed by atoms with van der Waals surface area (Å²) >= 11 is 0. The van der Waals surface area contributed by atoms with Crippen LogP contribution in [0.3, 0.4) is 0 Å². The van der Waals surface area contributed by atoms with Crippen LogP contribution in [0.1, 0.15) is 23.0 Å². The highest BCUT2D eigenvalue weighted by atomic mass is 32.2. The Hall–Kier alpha value is -2.16. The molecule has 134 valence electrons. The maximum atomic E-state index is 12.5. The van der Waals surface area contributed by atoms with Gasteiger partial charge in [0.2, 0.25) is 10.0 Å². The van der Waals surface area contributed by atoms with Gasteiger partial charge in [0, 0.05) is 31.2 Å². The number of sulfonamides is 1. The number of piperazine rings is 1. The number of carbonyl (C=O) groups excluding carboxylic acids is 1. The van der Waals surface area contributed by atoms with Crippen molar-refractivity contribution in [3.05, 3.63) is 54.0 Å². The van der Waals surface area contributed by atoms with E-state index < -0.39 is 10.0 Å². The summed E-state index contributed by atoms with van der Waals surface area (Å²) in [5, 5.41) is 3.28. The first-order chi connectivity index (χ1) is 12.0. The summed E-state index contributed by atoms with van der Waals surface area (Å²) in [4.78, 5) is 14.4. The zero-order valence-electron chi connectivity index (χ0n) is 13.9. The predicted molar refractivity (Wildman–Crippen MR) is 92.5 cm³/mol. The van der Waals surface area contributed by atoms with Crippen molar-refractivity contribution in [1.82, 2.24) is 14.9 Å². The van der Waals surface area contributed by atoms with Gasteiger partial charge in [-0.1, -0.05) is 0 Å². The van der Waals surface area contributed by atoms with E-state index in [9.17, 15) is 13.2 Å². The van der Waals surface area contributed by atoms with Gasteiger partial charge in [0.1, 0.15) is 5.76 Å². The number of furan rings is 1. The van der Waals surface area contributed by atoms with Crippen LogP contribution in [0.15, 0.2) is 52.0 Å². The van der Waals surface area contributed by atoms with E-state index >= 15 is 0 Å². The lowest BCUT2D eigenvalue weighted by Crippen LogP contribution is -2.51. The number of rotatable bonds is 5. The number of benzene rings is 1. The van der Waals surface area contributed by atoms with Gasteiger partial charge in [-0.25, -0.2) is 13.1 Å². The van der Waals surface area contributed by atoms with Crippen molar-refractivity contribution >= 4 is 15.9 Å². The Bertz CT molecular complexity index is 816. The lowest BCUT2D eigenvalue weighted by atomic mass is 10.1. The summed E-state index contributed by atoms with van der Waals surface area (Å²) in [5.74, 6) is 0.448. The molecule has 1 amide bonds. The van der Waals surface area contributed by atoms with Crippen LogP contribution in [0.5, 0.6) is 0 Å². The maximum Gasteiger partial charge on any atom is 0.253 e. The van der Waals surface area contributed by atoms with Crippen molar-refractivity contribution in [3.63, 3.8) is 0 Å². The van der Waals surface area contributed by atoms with Crippen LogP contribution < -0.4 is 10.0 Å². The minimum Gasteiger partial charge on any atom is -0.468 e. The molecular weight excluding hydrogens is 342 g/mol. The summed E-state index contributed by atoms with van der Waals surface area (Å²) in [7, 11) is -3.66. The summed E-state index contributed by atoms with van der Waals surface area (Å²) in [5.41, 5.74) is 0.485. The van der Waals surface area contributed by atoms with Crippen molar-refractivity contribution in [3.8, 4) is 0 Å². The van der Waals surface area contributed by atoms with Crippen LogP contribution in [0.4, 0.5) is 0 Å². The minimum atomic E-state index is -3.66. The van der Waals surface area contributed by atoms with Gasteiger partial charge in [0.05, 0.1) is 17.7 Å². The molecule has 1 aliphatic rings. The van der Waals surface area contributed by atoms with E-state index in [0.29, 0.717) is 24.4 Å². The molecule has 1 aliphatic heterocycles. The molecule has 25 heavy (non-hydrogen) atoms. The number of amides is 1. The number of hydrogen-bond donors (Lipinski definition) is 2. The third-order valence-electron chi connectivity index (χ3n) is 4.08. The molecule has 0 aliphatic carbocycles. The molecular formula is C17H21N3O4S. The third kappa shape index (κ3) is 4.28. The average Bonchev–Trinajstić information content (AvgIpc) is 3.13. The fourth-order valence-electron chi connectivity index (χ4n) is 2.74. The van der Waals surface area contributed by atoms with Gasteiger partial charge in [-0.05, 0) is 43.3 Å². The number of nitrogens with one attached hydrogen (secondary N) is 2. The second-order valence-electron chi connectivity index (χ2n) is 6.03. The monoisotopic (exact) mass is 363 g/mol. The molecule has 2 N–H and O–H groups in total. The van der Waals surface area contributed by atoms with Gasteiger partial charge < -0.3 is 14.6 Å². The van der Waals surface area contributed by atoms with E-state index in [-0.39, 0.29) is 23.4 Å². The fourth-order valence-corrected chi connectivity index (χ4v) is 3.73. The number of carbonyl (C=O) groups is 1. The zero-order chi connectivity index (χ0) is 17.9.